The van der Waals surface area contributed by atoms with E-state index >= 15 is 0 Å². The molecule has 2 aromatic carbocycles. The van der Waals surface area contributed by atoms with Crippen molar-refractivity contribution in [1.82, 2.24) is 9.91 Å². The number of hydrazone groups is 1. The maximum atomic E-state index is 6.75. The van der Waals surface area contributed by atoms with Crippen LogP contribution in [-0.2, 0) is 0 Å². The van der Waals surface area contributed by atoms with E-state index in [9.17, 15) is 0 Å². The molecule has 1 spiro atoms. The third-order valence-electron chi connectivity index (χ3n) is 6.88. The molecule has 3 aliphatic heterocycles. The smallest absolute Gasteiger partial charge is 0.200 e. The second kappa shape index (κ2) is 7.31. The van der Waals surface area contributed by atoms with Crippen LogP contribution < -0.4 is 9.47 Å². The fraction of sp³-hybridized carbons (Fsp3) is 0.480. The van der Waals surface area contributed by atoms with Crippen molar-refractivity contribution in [3.8, 4) is 11.5 Å². The average molecular weight is 406 g/mol. The van der Waals surface area contributed by atoms with Crippen LogP contribution in [0.15, 0.2) is 47.6 Å². The molecule has 0 amide bonds. The maximum absolute atomic E-state index is 6.75. The van der Waals surface area contributed by atoms with Crippen molar-refractivity contribution in [2.24, 2.45) is 5.10 Å². The van der Waals surface area contributed by atoms with Gasteiger partial charge in [-0.3, -0.25) is 0 Å². The van der Waals surface area contributed by atoms with Crippen molar-refractivity contribution >= 4 is 5.71 Å². The number of hydrogen-bond donors (Lipinski definition) is 0. The summed E-state index contributed by atoms with van der Waals surface area (Å²) in [6, 6.07) is 15.6. The standard InChI is InChI=1S/C25H31N3O2/c1-17(2)27-13-11-25(12-14-27)28-23(21-15-18(3)5-10-24(21)30-25)16-22(26-28)19-6-8-20(29-4)9-7-19/h5-10,15,17,23H,11-14,16H2,1-4H3/t23-/m0/s1. The Morgan fingerprint density at radius 2 is 1.83 bits per heavy atom. The molecule has 0 bridgehead atoms. The third-order valence-corrected chi connectivity index (χ3v) is 6.88. The largest absolute Gasteiger partial charge is 0.497 e. The number of piperidine rings is 1. The van der Waals surface area contributed by atoms with Gasteiger partial charge in [0, 0.05) is 44.0 Å². The summed E-state index contributed by atoms with van der Waals surface area (Å²) < 4.78 is 12.1. The molecule has 2 aromatic rings. The van der Waals surface area contributed by atoms with Gasteiger partial charge in [0.2, 0.25) is 5.72 Å². The van der Waals surface area contributed by atoms with Gasteiger partial charge >= 0.3 is 0 Å². The Hall–Kier alpha value is -2.53. The molecule has 0 unspecified atom stereocenters. The first-order valence-corrected chi connectivity index (χ1v) is 11.0. The van der Waals surface area contributed by atoms with Crippen LogP contribution >= 0.6 is 0 Å². The zero-order valence-corrected chi connectivity index (χ0v) is 18.4. The van der Waals surface area contributed by atoms with Gasteiger partial charge in [-0.05, 0) is 56.7 Å². The maximum Gasteiger partial charge on any atom is 0.200 e. The minimum atomic E-state index is -0.355. The third kappa shape index (κ3) is 3.16. The van der Waals surface area contributed by atoms with Crippen molar-refractivity contribution < 1.29 is 9.47 Å². The molecule has 30 heavy (non-hydrogen) atoms. The van der Waals surface area contributed by atoms with Crippen LogP contribution in [-0.4, -0.2) is 47.6 Å². The highest BCUT2D eigenvalue weighted by molar-refractivity contribution is 6.02. The predicted molar refractivity (Wildman–Crippen MR) is 119 cm³/mol. The van der Waals surface area contributed by atoms with Crippen LogP contribution in [0.3, 0.4) is 0 Å². The summed E-state index contributed by atoms with van der Waals surface area (Å²) in [5, 5.41) is 7.47. The lowest BCUT2D eigenvalue weighted by molar-refractivity contribution is -0.152. The number of methoxy groups -OCH3 is 1. The van der Waals surface area contributed by atoms with Crippen molar-refractivity contribution in [3.63, 3.8) is 0 Å². The molecule has 0 aromatic heterocycles. The zero-order chi connectivity index (χ0) is 20.9. The van der Waals surface area contributed by atoms with Crippen LogP contribution in [0.2, 0.25) is 0 Å². The number of benzene rings is 2. The number of fused-ring (bicyclic) bond motifs is 4. The normalized spacial score (nSPS) is 22.5. The topological polar surface area (TPSA) is 37.3 Å². The quantitative estimate of drug-likeness (QED) is 0.739. The van der Waals surface area contributed by atoms with Crippen LogP contribution in [0.4, 0.5) is 0 Å². The monoisotopic (exact) mass is 405 g/mol. The fourth-order valence-corrected chi connectivity index (χ4v) is 5.08. The Balaban J connectivity index is 1.52. The number of hydrogen-bond acceptors (Lipinski definition) is 5. The predicted octanol–water partition coefficient (Wildman–Crippen LogP) is 4.75. The lowest BCUT2D eigenvalue weighted by atomic mass is 9.90. The summed E-state index contributed by atoms with van der Waals surface area (Å²) in [6.45, 7) is 8.77. The Morgan fingerprint density at radius 1 is 1.10 bits per heavy atom. The van der Waals surface area contributed by atoms with Gasteiger partial charge in [0.15, 0.2) is 0 Å². The zero-order valence-electron chi connectivity index (χ0n) is 18.4. The van der Waals surface area contributed by atoms with E-state index in [1.54, 1.807) is 7.11 Å². The van der Waals surface area contributed by atoms with Crippen LogP contribution in [0.25, 0.3) is 0 Å². The molecule has 0 aliphatic carbocycles. The Bertz CT molecular complexity index is 959. The van der Waals surface area contributed by atoms with Gasteiger partial charge < -0.3 is 14.4 Å². The van der Waals surface area contributed by atoms with E-state index in [-0.39, 0.29) is 11.8 Å². The fourth-order valence-electron chi connectivity index (χ4n) is 5.08. The van der Waals surface area contributed by atoms with Crippen molar-refractivity contribution in [2.45, 2.75) is 57.8 Å². The van der Waals surface area contributed by atoms with Crippen LogP contribution in [0.5, 0.6) is 11.5 Å². The molecule has 5 heteroatoms. The Kier molecular flexibility index (Phi) is 4.73. The molecule has 3 heterocycles. The summed E-state index contributed by atoms with van der Waals surface area (Å²) in [5.74, 6) is 1.91. The van der Waals surface area contributed by atoms with Gasteiger partial charge in [-0.2, -0.15) is 5.10 Å². The van der Waals surface area contributed by atoms with Crippen LogP contribution in [0, 0.1) is 6.92 Å². The van der Waals surface area contributed by atoms with Gasteiger partial charge in [-0.15, -0.1) is 0 Å². The van der Waals surface area contributed by atoms with Gasteiger partial charge in [0.25, 0.3) is 0 Å². The summed E-state index contributed by atoms with van der Waals surface area (Å²) in [6.07, 6.45) is 2.84. The lowest BCUT2D eigenvalue weighted by Gasteiger charge is -2.51. The summed E-state index contributed by atoms with van der Waals surface area (Å²) in [7, 11) is 1.70. The van der Waals surface area contributed by atoms with Gasteiger partial charge in [-0.1, -0.05) is 17.7 Å². The van der Waals surface area contributed by atoms with E-state index in [0.717, 1.165) is 55.1 Å². The number of rotatable bonds is 3. The Morgan fingerprint density at radius 3 is 2.50 bits per heavy atom. The first kappa shape index (κ1) is 19.4. The second-order valence-electron chi connectivity index (χ2n) is 9.06. The molecule has 1 fully saturated rings. The second-order valence-corrected chi connectivity index (χ2v) is 9.06. The van der Waals surface area contributed by atoms with E-state index in [1.165, 1.54) is 11.1 Å². The minimum Gasteiger partial charge on any atom is -0.497 e. The van der Waals surface area contributed by atoms with Crippen molar-refractivity contribution in [2.75, 3.05) is 20.2 Å². The van der Waals surface area contributed by atoms with Gasteiger partial charge in [-0.25, -0.2) is 5.01 Å². The van der Waals surface area contributed by atoms with Gasteiger partial charge in [0.1, 0.15) is 11.5 Å². The summed E-state index contributed by atoms with van der Waals surface area (Å²) in [5.41, 5.74) is 4.47. The molecule has 5 rings (SSSR count). The molecular formula is C25H31N3O2. The highest BCUT2D eigenvalue weighted by Crippen LogP contribution is 2.50. The molecular weight excluding hydrogens is 374 g/mol. The number of likely N-dealkylation sites (tertiary alicyclic amines) is 1. The van der Waals surface area contributed by atoms with E-state index < -0.39 is 0 Å². The first-order valence-electron chi connectivity index (χ1n) is 11.0. The number of aryl methyl sites for hydroxylation is 1. The number of ether oxygens (including phenoxy) is 2. The molecule has 1 saturated heterocycles. The molecule has 3 aliphatic rings. The number of nitrogens with zero attached hydrogens (tertiary/aromatic N) is 3. The van der Waals surface area contributed by atoms with Crippen molar-refractivity contribution in [3.05, 3.63) is 59.2 Å². The highest BCUT2D eigenvalue weighted by atomic mass is 16.5. The highest BCUT2D eigenvalue weighted by Gasteiger charge is 2.51. The van der Waals surface area contributed by atoms with E-state index in [4.69, 9.17) is 14.6 Å². The molecule has 0 N–H and O–H groups in total. The van der Waals surface area contributed by atoms with Crippen molar-refractivity contribution in [1.29, 1.82) is 0 Å². The first-order chi connectivity index (χ1) is 14.5. The lowest BCUT2D eigenvalue weighted by Crippen LogP contribution is -2.59. The molecule has 0 radical (unpaired) electrons. The van der Waals surface area contributed by atoms with E-state index in [1.807, 2.05) is 12.1 Å². The van der Waals surface area contributed by atoms with E-state index in [0.29, 0.717) is 6.04 Å². The SMILES string of the molecule is COc1ccc(C2=NN3[C@@H](C2)c2cc(C)ccc2OC32CCN(C(C)C)CC2)cc1. The van der Waals surface area contributed by atoms with E-state index in [2.05, 4.69) is 61.0 Å². The summed E-state index contributed by atoms with van der Waals surface area (Å²) >= 11 is 0. The molecule has 158 valence electrons. The van der Waals surface area contributed by atoms with Gasteiger partial charge in [0.05, 0.1) is 18.9 Å². The molecule has 1 atom stereocenters. The molecule has 0 saturated carbocycles. The Labute approximate surface area is 179 Å². The minimum absolute atomic E-state index is 0.233. The molecule has 5 nitrogen and oxygen atoms in total. The average Bonchev–Trinajstić information content (AvgIpc) is 3.22. The van der Waals surface area contributed by atoms with Crippen LogP contribution in [0.1, 0.15) is 55.8 Å². The summed E-state index contributed by atoms with van der Waals surface area (Å²) in [4.78, 5) is 2.54.